The summed E-state index contributed by atoms with van der Waals surface area (Å²) in [6.45, 7) is 2.45. The number of hydrogen-bond acceptors (Lipinski definition) is 2. The molecule has 1 unspecified atom stereocenters. The van der Waals surface area contributed by atoms with E-state index in [1.165, 1.54) is 0 Å². The van der Waals surface area contributed by atoms with Gasteiger partial charge in [-0.15, -0.1) is 0 Å². The number of piperidine rings is 1. The smallest absolute Gasteiger partial charge is 0.225 e. The highest BCUT2D eigenvalue weighted by Crippen LogP contribution is 2.21. The van der Waals surface area contributed by atoms with Crippen LogP contribution >= 0.6 is 0 Å². The highest BCUT2D eigenvalue weighted by atomic mass is 16.2. The van der Waals surface area contributed by atoms with E-state index in [1.807, 2.05) is 7.05 Å². The van der Waals surface area contributed by atoms with Gasteiger partial charge in [-0.3, -0.25) is 4.79 Å². The first kappa shape index (κ1) is 10.2. The standard InChI is InChI=1S/C10H17NO2/c1-8(12)5-6-9-4-3-7-11(2)10(9)13/h9H,3-7H2,1-2H3. The van der Waals surface area contributed by atoms with Gasteiger partial charge in [0.05, 0.1) is 0 Å². The summed E-state index contributed by atoms with van der Waals surface area (Å²) in [4.78, 5) is 24.1. The minimum absolute atomic E-state index is 0.0997. The topological polar surface area (TPSA) is 37.4 Å². The lowest BCUT2D eigenvalue weighted by Gasteiger charge is -2.28. The van der Waals surface area contributed by atoms with Crippen LogP contribution < -0.4 is 0 Å². The molecular weight excluding hydrogens is 166 g/mol. The van der Waals surface area contributed by atoms with Crippen LogP contribution in [0.5, 0.6) is 0 Å². The molecule has 0 aromatic rings. The van der Waals surface area contributed by atoms with Gasteiger partial charge in [-0.2, -0.15) is 0 Å². The van der Waals surface area contributed by atoms with Crippen LogP contribution in [0.4, 0.5) is 0 Å². The molecule has 3 nitrogen and oxygen atoms in total. The third kappa shape index (κ3) is 2.83. The summed E-state index contributed by atoms with van der Waals surface area (Å²) in [6, 6.07) is 0. The Morgan fingerprint density at radius 2 is 2.31 bits per heavy atom. The van der Waals surface area contributed by atoms with Gasteiger partial charge in [0.15, 0.2) is 0 Å². The highest BCUT2D eigenvalue weighted by molar-refractivity contribution is 5.81. The van der Waals surface area contributed by atoms with Crippen LogP contribution in [0, 0.1) is 5.92 Å². The molecule has 0 N–H and O–H groups in total. The van der Waals surface area contributed by atoms with E-state index in [4.69, 9.17) is 0 Å². The lowest BCUT2D eigenvalue weighted by molar-refractivity contribution is -0.137. The lowest BCUT2D eigenvalue weighted by Crippen LogP contribution is -2.38. The summed E-state index contributed by atoms with van der Waals surface area (Å²) >= 11 is 0. The summed E-state index contributed by atoms with van der Waals surface area (Å²) in [7, 11) is 1.84. The van der Waals surface area contributed by atoms with Gasteiger partial charge in [0.2, 0.25) is 5.91 Å². The van der Waals surface area contributed by atoms with Gasteiger partial charge in [0.25, 0.3) is 0 Å². The number of nitrogens with zero attached hydrogens (tertiary/aromatic N) is 1. The van der Waals surface area contributed by atoms with Crippen molar-refractivity contribution < 1.29 is 9.59 Å². The van der Waals surface area contributed by atoms with Crippen molar-refractivity contribution in [3.63, 3.8) is 0 Å². The van der Waals surface area contributed by atoms with Gasteiger partial charge >= 0.3 is 0 Å². The Hall–Kier alpha value is -0.860. The van der Waals surface area contributed by atoms with E-state index in [9.17, 15) is 9.59 Å². The van der Waals surface area contributed by atoms with E-state index < -0.39 is 0 Å². The largest absolute Gasteiger partial charge is 0.346 e. The SMILES string of the molecule is CC(=O)CCC1CCCN(C)C1=O. The Morgan fingerprint density at radius 1 is 1.62 bits per heavy atom. The van der Waals surface area contributed by atoms with Gasteiger partial charge in [-0.05, 0) is 26.2 Å². The number of hydrogen-bond donors (Lipinski definition) is 0. The minimum atomic E-state index is 0.0997. The molecule has 0 saturated carbocycles. The molecule has 1 aliphatic heterocycles. The molecular formula is C10H17NO2. The van der Waals surface area contributed by atoms with Crippen molar-refractivity contribution in [2.45, 2.75) is 32.6 Å². The molecule has 1 fully saturated rings. The molecule has 1 amide bonds. The third-order valence-corrected chi connectivity index (χ3v) is 2.62. The zero-order chi connectivity index (χ0) is 9.84. The van der Waals surface area contributed by atoms with Gasteiger partial charge in [-0.25, -0.2) is 0 Å². The van der Waals surface area contributed by atoms with Crippen LogP contribution in [0.25, 0.3) is 0 Å². The average Bonchev–Trinajstić information content (AvgIpc) is 2.07. The summed E-state index contributed by atoms with van der Waals surface area (Å²) < 4.78 is 0. The molecule has 1 atom stereocenters. The van der Waals surface area contributed by atoms with Crippen LogP contribution in [0.3, 0.4) is 0 Å². The minimum Gasteiger partial charge on any atom is -0.346 e. The van der Waals surface area contributed by atoms with Crippen molar-refractivity contribution in [3.8, 4) is 0 Å². The van der Waals surface area contributed by atoms with Crippen molar-refractivity contribution in [3.05, 3.63) is 0 Å². The van der Waals surface area contributed by atoms with Gasteiger partial charge in [-0.1, -0.05) is 0 Å². The first-order valence-electron chi connectivity index (χ1n) is 4.85. The second-order valence-corrected chi connectivity index (χ2v) is 3.84. The van der Waals surface area contributed by atoms with Crippen LogP contribution in [0.15, 0.2) is 0 Å². The molecule has 1 aliphatic rings. The fourth-order valence-corrected chi connectivity index (χ4v) is 1.77. The maximum Gasteiger partial charge on any atom is 0.225 e. The van der Waals surface area contributed by atoms with Crippen LogP contribution in [0.1, 0.15) is 32.6 Å². The van der Waals surface area contributed by atoms with Crippen LogP contribution in [-0.4, -0.2) is 30.2 Å². The third-order valence-electron chi connectivity index (χ3n) is 2.62. The molecule has 0 radical (unpaired) electrons. The van der Waals surface area contributed by atoms with Crippen molar-refractivity contribution in [1.29, 1.82) is 0 Å². The van der Waals surface area contributed by atoms with Gasteiger partial charge in [0, 0.05) is 25.9 Å². The Balaban J connectivity index is 2.40. The van der Waals surface area contributed by atoms with Crippen molar-refractivity contribution >= 4 is 11.7 Å². The zero-order valence-electron chi connectivity index (χ0n) is 8.38. The number of ketones is 1. The number of carbonyl (C=O) groups excluding carboxylic acids is 2. The Morgan fingerprint density at radius 3 is 2.92 bits per heavy atom. The fraction of sp³-hybridized carbons (Fsp3) is 0.800. The summed E-state index contributed by atoms with van der Waals surface area (Å²) in [5, 5.41) is 0. The van der Waals surface area contributed by atoms with Crippen molar-refractivity contribution in [1.82, 2.24) is 4.90 Å². The number of Topliss-reactive ketones (excluding diaryl/α,β-unsaturated/α-hetero) is 1. The summed E-state index contributed by atoms with van der Waals surface area (Å²) in [5.41, 5.74) is 0. The van der Waals surface area contributed by atoms with Gasteiger partial charge in [0.1, 0.15) is 5.78 Å². The molecule has 1 heterocycles. The maximum atomic E-state index is 11.6. The maximum absolute atomic E-state index is 11.6. The second kappa shape index (κ2) is 4.40. The van der Waals surface area contributed by atoms with E-state index in [1.54, 1.807) is 11.8 Å². The molecule has 74 valence electrons. The fourth-order valence-electron chi connectivity index (χ4n) is 1.77. The lowest BCUT2D eigenvalue weighted by atomic mass is 9.92. The number of carbonyl (C=O) groups is 2. The molecule has 13 heavy (non-hydrogen) atoms. The molecule has 1 rings (SSSR count). The zero-order valence-corrected chi connectivity index (χ0v) is 8.38. The number of rotatable bonds is 3. The van der Waals surface area contributed by atoms with Crippen LogP contribution in [0.2, 0.25) is 0 Å². The number of amides is 1. The summed E-state index contributed by atoms with van der Waals surface area (Å²) in [5.74, 6) is 0.496. The Bertz CT molecular complexity index is 213. The monoisotopic (exact) mass is 183 g/mol. The normalized spacial score (nSPS) is 23.4. The molecule has 0 aromatic heterocycles. The molecule has 3 heteroatoms. The van der Waals surface area contributed by atoms with E-state index in [0.717, 1.165) is 25.8 Å². The Kier molecular flexibility index (Phi) is 3.46. The molecule has 0 bridgehead atoms. The van der Waals surface area contributed by atoms with Crippen molar-refractivity contribution in [2.24, 2.45) is 5.92 Å². The summed E-state index contributed by atoms with van der Waals surface area (Å²) in [6.07, 6.45) is 3.31. The van der Waals surface area contributed by atoms with Gasteiger partial charge < -0.3 is 9.69 Å². The predicted molar refractivity (Wildman–Crippen MR) is 50.3 cm³/mol. The molecule has 1 saturated heterocycles. The quantitative estimate of drug-likeness (QED) is 0.659. The van der Waals surface area contributed by atoms with Crippen LogP contribution in [-0.2, 0) is 9.59 Å². The van der Waals surface area contributed by atoms with E-state index in [2.05, 4.69) is 0 Å². The highest BCUT2D eigenvalue weighted by Gasteiger charge is 2.25. The van der Waals surface area contributed by atoms with E-state index >= 15 is 0 Å². The van der Waals surface area contributed by atoms with E-state index in [-0.39, 0.29) is 17.6 Å². The second-order valence-electron chi connectivity index (χ2n) is 3.84. The molecule has 0 aromatic carbocycles. The predicted octanol–water partition coefficient (Wildman–Crippen LogP) is 1.22. The van der Waals surface area contributed by atoms with E-state index in [0.29, 0.717) is 6.42 Å². The van der Waals surface area contributed by atoms with Crippen molar-refractivity contribution in [2.75, 3.05) is 13.6 Å². The molecule has 0 aliphatic carbocycles. The first-order valence-corrected chi connectivity index (χ1v) is 4.85. The first-order chi connectivity index (χ1) is 6.11. The Labute approximate surface area is 79.1 Å². The average molecular weight is 183 g/mol. The number of likely N-dealkylation sites (tertiary alicyclic amines) is 1. The molecule has 0 spiro atoms.